The van der Waals surface area contributed by atoms with Crippen LogP contribution in [0.1, 0.15) is 48.5 Å². The molecule has 1 saturated heterocycles. The van der Waals surface area contributed by atoms with Crippen LogP contribution in [0, 0.1) is 5.92 Å². The molecular weight excluding hydrogens is 284 g/mol. The number of hydrogen-bond donors (Lipinski definition) is 0. The molecule has 0 N–H and O–H groups in total. The Labute approximate surface area is 130 Å². The van der Waals surface area contributed by atoms with Crippen LogP contribution in [0.4, 0.5) is 0 Å². The van der Waals surface area contributed by atoms with Crippen LogP contribution in [0.15, 0.2) is 0 Å². The zero-order valence-electron chi connectivity index (χ0n) is 15.0. The maximum atomic E-state index is 11.5. The molecule has 0 bridgehead atoms. The second-order valence-electron chi connectivity index (χ2n) is 8.29. The van der Waals surface area contributed by atoms with E-state index in [2.05, 4.69) is 47.7 Å². The molecule has 0 aromatic rings. The predicted octanol–water partition coefficient (Wildman–Crippen LogP) is 3.75. The van der Waals surface area contributed by atoms with E-state index < -0.39 is 20.2 Å². The van der Waals surface area contributed by atoms with E-state index in [1.54, 1.807) is 0 Å². The summed E-state index contributed by atoms with van der Waals surface area (Å²) in [6.07, 6.45) is -0.193. The van der Waals surface area contributed by atoms with Crippen LogP contribution in [0.3, 0.4) is 0 Å². The van der Waals surface area contributed by atoms with Gasteiger partial charge in [-0.1, -0.05) is 34.6 Å². The highest BCUT2D eigenvalue weighted by atomic mass is 28.4. The molecule has 0 spiro atoms. The van der Waals surface area contributed by atoms with Crippen molar-refractivity contribution in [2.75, 3.05) is 0 Å². The Bertz CT molecular complexity index is 371. The van der Waals surface area contributed by atoms with Crippen LogP contribution in [0.25, 0.3) is 0 Å². The van der Waals surface area contributed by atoms with Gasteiger partial charge in [-0.05, 0) is 37.9 Å². The first-order chi connectivity index (χ1) is 9.31. The Hall–Kier alpha value is -0.233. The first-order valence-corrected chi connectivity index (χ1v) is 10.7. The number of carbonyl (C=O) groups is 1. The van der Waals surface area contributed by atoms with E-state index in [0.29, 0.717) is 0 Å². The molecule has 1 heterocycles. The van der Waals surface area contributed by atoms with Gasteiger partial charge in [0.05, 0.1) is 6.10 Å². The van der Waals surface area contributed by atoms with Gasteiger partial charge in [0, 0.05) is 0 Å². The molecule has 1 rings (SSSR count). The molecule has 0 aliphatic carbocycles. The molecule has 1 fully saturated rings. The molecule has 1 aliphatic rings. The van der Waals surface area contributed by atoms with Gasteiger partial charge in [0.1, 0.15) is 12.2 Å². The fourth-order valence-corrected chi connectivity index (χ4v) is 3.58. The SMILES string of the molecule is CC(C)[C@H]1OC(C)(C)O[C@H](C=O)[C@@H]1O[Si](C)(C)C(C)(C)C. The second kappa shape index (κ2) is 6.11. The summed E-state index contributed by atoms with van der Waals surface area (Å²) in [5.41, 5.74) is 0. The van der Waals surface area contributed by atoms with Gasteiger partial charge in [0.2, 0.25) is 0 Å². The minimum Gasteiger partial charge on any atom is -0.408 e. The highest BCUT2D eigenvalue weighted by molar-refractivity contribution is 6.74. The van der Waals surface area contributed by atoms with Crippen molar-refractivity contribution in [3.05, 3.63) is 0 Å². The number of carbonyl (C=O) groups excluding carboxylic acids is 1. The molecule has 0 saturated carbocycles. The molecule has 0 aromatic carbocycles. The van der Waals surface area contributed by atoms with E-state index in [4.69, 9.17) is 13.9 Å². The van der Waals surface area contributed by atoms with Crippen molar-refractivity contribution in [3.8, 4) is 0 Å². The fraction of sp³-hybridized carbons (Fsp3) is 0.938. The van der Waals surface area contributed by atoms with Gasteiger partial charge >= 0.3 is 0 Å². The second-order valence-corrected chi connectivity index (χ2v) is 13.0. The maximum Gasteiger partial charge on any atom is 0.192 e. The van der Waals surface area contributed by atoms with Crippen LogP contribution in [0.5, 0.6) is 0 Å². The van der Waals surface area contributed by atoms with Crippen molar-refractivity contribution in [3.63, 3.8) is 0 Å². The molecule has 0 amide bonds. The maximum absolute atomic E-state index is 11.5. The van der Waals surface area contributed by atoms with Gasteiger partial charge in [-0.3, -0.25) is 0 Å². The summed E-state index contributed by atoms with van der Waals surface area (Å²) < 4.78 is 18.3. The van der Waals surface area contributed by atoms with Crippen LogP contribution < -0.4 is 0 Å². The molecule has 124 valence electrons. The standard InChI is InChI=1S/C16H32O4Si/c1-11(2)13-14(20-21(8,9)15(3,4)5)12(10-17)18-16(6,7)19-13/h10-14H,1-9H3/t12-,13-,14+/m1/s1. The van der Waals surface area contributed by atoms with E-state index in [1.807, 2.05) is 13.8 Å². The van der Waals surface area contributed by atoms with Gasteiger partial charge in [0.25, 0.3) is 0 Å². The summed E-state index contributed by atoms with van der Waals surface area (Å²) in [4.78, 5) is 11.5. The zero-order chi connectivity index (χ0) is 16.6. The zero-order valence-corrected chi connectivity index (χ0v) is 16.0. The van der Waals surface area contributed by atoms with Crippen molar-refractivity contribution in [1.29, 1.82) is 0 Å². The average Bonchev–Trinajstić information content (AvgIpc) is 2.28. The third-order valence-electron chi connectivity index (χ3n) is 4.52. The molecule has 3 atom stereocenters. The summed E-state index contributed by atoms with van der Waals surface area (Å²) in [6.45, 7) is 18.8. The number of rotatable bonds is 4. The van der Waals surface area contributed by atoms with Crippen molar-refractivity contribution >= 4 is 14.6 Å². The third kappa shape index (κ3) is 4.37. The summed E-state index contributed by atoms with van der Waals surface area (Å²) in [6, 6.07) is 0. The highest BCUT2D eigenvalue weighted by Gasteiger charge is 2.49. The van der Waals surface area contributed by atoms with Crippen molar-refractivity contribution < 1.29 is 18.7 Å². The van der Waals surface area contributed by atoms with Crippen molar-refractivity contribution in [2.45, 2.75) is 90.7 Å². The van der Waals surface area contributed by atoms with Crippen LogP contribution in [0.2, 0.25) is 18.1 Å². The van der Waals surface area contributed by atoms with E-state index in [1.165, 1.54) is 0 Å². The smallest absolute Gasteiger partial charge is 0.192 e. The highest BCUT2D eigenvalue weighted by Crippen LogP contribution is 2.41. The lowest BCUT2D eigenvalue weighted by Gasteiger charge is -2.49. The molecule has 0 aromatic heterocycles. The third-order valence-corrected chi connectivity index (χ3v) is 8.99. The Morgan fingerprint density at radius 1 is 1.19 bits per heavy atom. The molecule has 5 heteroatoms. The molecule has 0 unspecified atom stereocenters. The van der Waals surface area contributed by atoms with Crippen LogP contribution >= 0.6 is 0 Å². The normalized spacial score (nSPS) is 30.5. The first-order valence-electron chi connectivity index (χ1n) is 7.79. The molecule has 21 heavy (non-hydrogen) atoms. The number of aldehydes is 1. The lowest BCUT2D eigenvalue weighted by molar-refractivity contribution is -0.326. The largest absolute Gasteiger partial charge is 0.408 e. The van der Waals surface area contributed by atoms with Crippen LogP contribution in [-0.2, 0) is 18.7 Å². The lowest BCUT2D eigenvalue weighted by atomic mass is 9.96. The van der Waals surface area contributed by atoms with Crippen molar-refractivity contribution in [1.82, 2.24) is 0 Å². The van der Waals surface area contributed by atoms with Crippen LogP contribution in [-0.4, -0.2) is 38.7 Å². The molecule has 1 aliphatic heterocycles. The van der Waals surface area contributed by atoms with Gasteiger partial charge in [-0.2, -0.15) is 0 Å². The monoisotopic (exact) mass is 316 g/mol. The first kappa shape index (κ1) is 18.8. The molecular formula is C16H32O4Si. The quantitative estimate of drug-likeness (QED) is 0.585. The number of hydrogen-bond acceptors (Lipinski definition) is 4. The Morgan fingerprint density at radius 3 is 2.10 bits per heavy atom. The summed E-state index contributed by atoms with van der Waals surface area (Å²) in [5.74, 6) is -0.501. The minimum atomic E-state index is -2.00. The van der Waals surface area contributed by atoms with E-state index >= 15 is 0 Å². The summed E-state index contributed by atoms with van der Waals surface area (Å²) in [7, 11) is -2.00. The lowest BCUT2D eigenvalue weighted by Crippen LogP contribution is -2.61. The van der Waals surface area contributed by atoms with E-state index in [0.717, 1.165) is 6.29 Å². The van der Waals surface area contributed by atoms with E-state index in [9.17, 15) is 4.79 Å². The Morgan fingerprint density at radius 2 is 1.71 bits per heavy atom. The Kier molecular flexibility index (Phi) is 5.47. The minimum absolute atomic E-state index is 0.0783. The topological polar surface area (TPSA) is 44.8 Å². The fourth-order valence-electron chi connectivity index (χ4n) is 2.28. The average molecular weight is 317 g/mol. The van der Waals surface area contributed by atoms with E-state index in [-0.39, 0.29) is 23.2 Å². The number of ether oxygens (including phenoxy) is 2. The van der Waals surface area contributed by atoms with Gasteiger partial charge in [-0.25, -0.2) is 0 Å². The van der Waals surface area contributed by atoms with Gasteiger partial charge < -0.3 is 18.7 Å². The predicted molar refractivity (Wildman–Crippen MR) is 86.8 cm³/mol. The summed E-state index contributed by atoms with van der Waals surface area (Å²) >= 11 is 0. The van der Waals surface area contributed by atoms with Crippen molar-refractivity contribution in [2.24, 2.45) is 5.92 Å². The summed E-state index contributed by atoms with van der Waals surface area (Å²) in [5, 5.41) is 0.0783. The Balaban J connectivity index is 3.07. The molecule has 4 nitrogen and oxygen atoms in total. The van der Waals surface area contributed by atoms with Gasteiger partial charge in [-0.15, -0.1) is 0 Å². The van der Waals surface area contributed by atoms with Gasteiger partial charge in [0.15, 0.2) is 20.4 Å². The molecule has 0 radical (unpaired) electrons.